The topological polar surface area (TPSA) is 76.7 Å². The maximum atomic E-state index is 12.8. The molecule has 0 aliphatic heterocycles. The summed E-state index contributed by atoms with van der Waals surface area (Å²) in [4.78, 5) is 25.5. The molecule has 0 radical (unpaired) electrons. The van der Waals surface area contributed by atoms with Crippen LogP contribution in [0.3, 0.4) is 0 Å². The molecule has 1 aliphatic rings. The molecule has 6 heteroatoms. The van der Waals surface area contributed by atoms with Gasteiger partial charge in [0.1, 0.15) is 11.5 Å². The molecular formula is C23H28N2O4. The van der Waals surface area contributed by atoms with Crippen LogP contribution in [-0.2, 0) is 9.59 Å². The van der Waals surface area contributed by atoms with Gasteiger partial charge in [0.15, 0.2) is 0 Å². The van der Waals surface area contributed by atoms with Crippen LogP contribution in [0.1, 0.15) is 38.5 Å². The number of hydrogen-bond acceptors (Lipinski definition) is 4. The number of nitrogens with one attached hydrogen (secondary N) is 2. The molecule has 154 valence electrons. The van der Waals surface area contributed by atoms with Crippen molar-refractivity contribution < 1.29 is 19.1 Å². The van der Waals surface area contributed by atoms with Crippen LogP contribution in [0.2, 0.25) is 0 Å². The zero-order valence-electron chi connectivity index (χ0n) is 17.0. The Labute approximate surface area is 171 Å². The lowest BCUT2D eigenvalue weighted by atomic mass is 9.79. The standard InChI is InChI=1S/C23H28N2O4/c1-28-19-11-5-3-9-17(19)24-21(26)15-23(13-7-8-14-23)16-22(27)25-18-10-4-6-12-20(18)29-2/h3-6,9-12H,7-8,13-16H2,1-2H3,(H,24,26)(H,25,27). The average molecular weight is 396 g/mol. The number of para-hydroxylation sites is 4. The molecule has 3 rings (SSSR count). The van der Waals surface area contributed by atoms with E-state index < -0.39 is 0 Å². The number of anilines is 2. The zero-order chi connectivity index (χ0) is 20.7. The molecule has 1 fully saturated rings. The molecule has 0 spiro atoms. The third-order valence-electron chi connectivity index (χ3n) is 5.50. The summed E-state index contributed by atoms with van der Waals surface area (Å²) in [5.41, 5.74) is 0.969. The summed E-state index contributed by atoms with van der Waals surface area (Å²) in [6, 6.07) is 14.7. The fraction of sp³-hybridized carbons (Fsp3) is 0.391. The van der Waals surface area contributed by atoms with E-state index in [1.807, 2.05) is 48.5 Å². The molecule has 2 amide bonds. The Kier molecular flexibility index (Phi) is 6.75. The molecule has 2 N–H and O–H groups in total. The van der Waals surface area contributed by atoms with Gasteiger partial charge in [-0.15, -0.1) is 0 Å². The van der Waals surface area contributed by atoms with E-state index in [9.17, 15) is 9.59 Å². The maximum absolute atomic E-state index is 12.8. The van der Waals surface area contributed by atoms with Crippen LogP contribution < -0.4 is 20.1 Å². The molecule has 2 aromatic rings. The van der Waals surface area contributed by atoms with E-state index in [1.165, 1.54) is 0 Å². The highest BCUT2D eigenvalue weighted by molar-refractivity contribution is 5.95. The molecule has 1 aliphatic carbocycles. The van der Waals surface area contributed by atoms with Gasteiger partial charge in [0, 0.05) is 12.8 Å². The number of carbonyl (C=O) groups is 2. The number of benzene rings is 2. The number of amides is 2. The monoisotopic (exact) mass is 396 g/mol. The Hall–Kier alpha value is -3.02. The van der Waals surface area contributed by atoms with Gasteiger partial charge in [-0.2, -0.15) is 0 Å². The normalized spacial score (nSPS) is 14.8. The summed E-state index contributed by atoms with van der Waals surface area (Å²) in [5, 5.41) is 5.88. The lowest BCUT2D eigenvalue weighted by Gasteiger charge is -2.28. The van der Waals surface area contributed by atoms with Crippen LogP contribution in [0.15, 0.2) is 48.5 Å². The molecule has 29 heavy (non-hydrogen) atoms. The number of methoxy groups -OCH3 is 2. The van der Waals surface area contributed by atoms with Crippen molar-refractivity contribution in [1.82, 2.24) is 0 Å². The first-order valence-corrected chi connectivity index (χ1v) is 9.91. The summed E-state index contributed by atoms with van der Waals surface area (Å²) >= 11 is 0. The van der Waals surface area contributed by atoms with E-state index in [0.29, 0.717) is 35.7 Å². The quantitative estimate of drug-likeness (QED) is 0.682. The summed E-state index contributed by atoms with van der Waals surface area (Å²) in [5.74, 6) is 1.05. The van der Waals surface area contributed by atoms with Crippen molar-refractivity contribution >= 4 is 23.2 Å². The van der Waals surface area contributed by atoms with Gasteiger partial charge in [-0.25, -0.2) is 0 Å². The van der Waals surface area contributed by atoms with Gasteiger partial charge in [0.05, 0.1) is 25.6 Å². The zero-order valence-corrected chi connectivity index (χ0v) is 17.0. The molecular weight excluding hydrogens is 368 g/mol. The molecule has 0 saturated heterocycles. The predicted octanol–water partition coefficient (Wildman–Crippen LogP) is 4.62. The summed E-state index contributed by atoms with van der Waals surface area (Å²) in [6.07, 6.45) is 4.42. The van der Waals surface area contributed by atoms with Crippen molar-refractivity contribution in [1.29, 1.82) is 0 Å². The van der Waals surface area contributed by atoms with Crippen molar-refractivity contribution in [2.75, 3.05) is 24.9 Å². The second-order valence-electron chi connectivity index (χ2n) is 7.56. The minimum Gasteiger partial charge on any atom is -0.495 e. The lowest BCUT2D eigenvalue weighted by molar-refractivity contribution is -0.121. The highest BCUT2D eigenvalue weighted by Gasteiger charge is 2.38. The minimum absolute atomic E-state index is 0.0958. The Balaban J connectivity index is 1.66. The Bertz CT molecular complexity index is 794. The van der Waals surface area contributed by atoms with Crippen molar-refractivity contribution in [3.8, 4) is 11.5 Å². The van der Waals surface area contributed by atoms with Crippen molar-refractivity contribution in [2.24, 2.45) is 5.41 Å². The first kappa shape index (κ1) is 20.7. The molecule has 0 bridgehead atoms. The fourth-order valence-electron chi connectivity index (χ4n) is 4.11. The molecule has 0 unspecified atom stereocenters. The third-order valence-corrected chi connectivity index (χ3v) is 5.50. The number of rotatable bonds is 8. The van der Waals surface area contributed by atoms with Gasteiger partial charge in [-0.1, -0.05) is 37.1 Å². The van der Waals surface area contributed by atoms with Gasteiger partial charge in [0.2, 0.25) is 11.8 Å². The van der Waals surface area contributed by atoms with Crippen molar-refractivity contribution in [2.45, 2.75) is 38.5 Å². The summed E-state index contributed by atoms with van der Waals surface area (Å²) in [6.45, 7) is 0. The van der Waals surface area contributed by atoms with Gasteiger partial charge >= 0.3 is 0 Å². The molecule has 2 aromatic carbocycles. The van der Waals surface area contributed by atoms with E-state index >= 15 is 0 Å². The van der Waals surface area contributed by atoms with Crippen LogP contribution >= 0.6 is 0 Å². The van der Waals surface area contributed by atoms with E-state index in [-0.39, 0.29) is 17.2 Å². The predicted molar refractivity (Wildman–Crippen MR) is 113 cm³/mol. The van der Waals surface area contributed by atoms with Crippen molar-refractivity contribution in [3.63, 3.8) is 0 Å². The second kappa shape index (κ2) is 9.45. The first-order valence-electron chi connectivity index (χ1n) is 9.91. The Morgan fingerprint density at radius 3 is 1.62 bits per heavy atom. The van der Waals surface area contributed by atoms with Gasteiger partial charge < -0.3 is 20.1 Å². The number of ether oxygens (including phenoxy) is 2. The highest BCUT2D eigenvalue weighted by atomic mass is 16.5. The number of carbonyl (C=O) groups excluding carboxylic acids is 2. The minimum atomic E-state index is -0.321. The first-order chi connectivity index (χ1) is 14.0. The van der Waals surface area contributed by atoms with Crippen LogP contribution in [0, 0.1) is 5.41 Å². The van der Waals surface area contributed by atoms with E-state index in [0.717, 1.165) is 25.7 Å². The highest BCUT2D eigenvalue weighted by Crippen LogP contribution is 2.44. The van der Waals surface area contributed by atoms with Crippen molar-refractivity contribution in [3.05, 3.63) is 48.5 Å². The maximum Gasteiger partial charge on any atom is 0.225 e. The number of hydrogen-bond donors (Lipinski definition) is 2. The van der Waals surface area contributed by atoms with E-state index in [4.69, 9.17) is 9.47 Å². The summed E-state index contributed by atoms with van der Waals surface area (Å²) < 4.78 is 10.6. The molecule has 0 aromatic heterocycles. The Morgan fingerprint density at radius 1 is 0.793 bits per heavy atom. The van der Waals surface area contributed by atoms with Crippen LogP contribution in [0.4, 0.5) is 11.4 Å². The second-order valence-corrected chi connectivity index (χ2v) is 7.56. The molecule has 0 atom stereocenters. The van der Waals surface area contributed by atoms with Gasteiger partial charge in [0.25, 0.3) is 0 Å². The molecule has 0 heterocycles. The third kappa shape index (κ3) is 5.28. The Morgan fingerprint density at radius 2 is 1.21 bits per heavy atom. The van der Waals surface area contributed by atoms with E-state index in [2.05, 4.69) is 10.6 Å². The smallest absolute Gasteiger partial charge is 0.225 e. The van der Waals surface area contributed by atoms with Crippen LogP contribution in [-0.4, -0.2) is 26.0 Å². The fourth-order valence-corrected chi connectivity index (χ4v) is 4.11. The van der Waals surface area contributed by atoms with Gasteiger partial charge in [-0.05, 0) is 42.5 Å². The molecule has 1 saturated carbocycles. The lowest BCUT2D eigenvalue weighted by Crippen LogP contribution is -2.30. The van der Waals surface area contributed by atoms with Gasteiger partial charge in [-0.3, -0.25) is 9.59 Å². The molecule has 6 nitrogen and oxygen atoms in total. The van der Waals surface area contributed by atoms with E-state index in [1.54, 1.807) is 14.2 Å². The van der Waals surface area contributed by atoms with Crippen LogP contribution in [0.25, 0.3) is 0 Å². The van der Waals surface area contributed by atoms with Crippen LogP contribution in [0.5, 0.6) is 11.5 Å². The SMILES string of the molecule is COc1ccccc1NC(=O)CC1(CC(=O)Nc2ccccc2OC)CCCC1. The average Bonchev–Trinajstić information content (AvgIpc) is 3.16. The largest absolute Gasteiger partial charge is 0.495 e. The summed E-state index contributed by atoms with van der Waals surface area (Å²) in [7, 11) is 3.15.